The summed E-state index contributed by atoms with van der Waals surface area (Å²) in [4.78, 5) is 24.2. The lowest BCUT2D eigenvalue weighted by Crippen LogP contribution is -2.46. The second kappa shape index (κ2) is 7.08. The summed E-state index contributed by atoms with van der Waals surface area (Å²) in [5.41, 5.74) is 2.02. The molecule has 0 aromatic heterocycles. The topological polar surface area (TPSA) is 43.4 Å². The van der Waals surface area contributed by atoms with Crippen molar-refractivity contribution in [2.75, 3.05) is 6.26 Å². The van der Waals surface area contributed by atoms with Crippen LogP contribution < -0.4 is 0 Å². The van der Waals surface area contributed by atoms with Crippen LogP contribution in [0.15, 0.2) is 35.3 Å². The molecule has 4 heteroatoms. The molecule has 0 amide bonds. The van der Waals surface area contributed by atoms with E-state index in [2.05, 4.69) is 20.4 Å². The van der Waals surface area contributed by atoms with E-state index in [9.17, 15) is 9.59 Å². The second-order valence-corrected chi connectivity index (χ2v) is 7.68. The van der Waals surface area contributed by atoms with E-state index < -0.39 is 0 Å². The molecule has 0 heterocycles. The van der Waals surface area contributed by atoms with Crippen LogP contribution in [0.4, 0.5) is 0 Å². The first-order valence-electron chi connectivity index (χ1n) is 8.10. The fourth-order valence-electron chi connectivity index (χ4n) is 3.78. The Labute approximate surface area is 143 Å². The highest BCUT2D eigenvalue weighted by Gasteiger charge is 2.48. The number of esters is 1. The predicted octanol–water partition coefficient (Wildman–Crippen LogP) is 4.30. The molecule has 4 atom stereocenters. The third kappa shape index (κ3) is 3.63. The van der Waals surface area contributed by atoms with Gasteiger partial charge in [0, 0.05) is 17.9 Å². The van der Waals surface area contributed by atoms with Crippen LogP contribution in [0.1, 0.15) is 40.0 Å². The fraction of sp³-hybridized carbons (Fsp3) is 0.579. The number of ether oxygens (including phenoxy) is 1. The first kappa shape index (κ1) is 18.1. The van der Waals surface area contributed by atoms with Gasteiger partial charge >= 0.3 is 5.97 Å². The van der Waals surface area contributed by atoms with Crippen molar-refractivity contribution < 1.29 is 14.3 Å². The second-order valence-electron chi connectivity index (χ2n) is 6.93. The van der Waals surface area contributed by atoms with Gasteiger partial charge < -0.3 is 4.74 Å². The van der Waals surface area contributed by atoms with Gasteiger partial charge in [0.25, 0.3) is 0 Å². The van der Waals surface area contributed by atoms with E-state index in [-0.39, 0.29) is 35.1 Å². The first-order chi connectivity index (χ1) is 10.8. The van der Waals surface area contributed by atoms with Gasteiger partial charge in [-0.3, -0.25) is 4.79 Å². The molecule has 0 saturated heterocycles. The summed E-state index contributed by atoms with van der Waals surface area (Å²) in [7, 11) is 0. The molecule has 0 aliphatic heterocycles. The highest BCUT2D eigenvalue weighted by atomic mass is 32.2. The van der Waals surface area contributed by atoms with Crippen LogP contribution in [0.3, 0.4) is 0 Å². The molecule has 0 radical (unpaired) electrons. The van der Waals surface area contributed by atoms with Crippen molar-refractivity contribution in [3.8, 4) is 0 Å². The Hall–Kier alpha value is -1.29. The summed E-state index contributed by atoms with van der Waals surface area (Å²) in [5.74, 6) is -0.0350. The Balaban J connectivity index is 2.20. The van der Waals surface area contributed by atoms with Gasteiger partial charge in [0.05, 0.1) is 0 Å². The number of ketones is 1. The molecule has 2 aliphatic carbocycles. The van der Waals surface area contributed by atoms with Crippen molar-refractivity contribution in [2.24, 2.45) is 17.3 Å². The monoisotopic (exact) mass is 334 g/mol. The third-order valence-corrected chi connectivity index (χ3v) is 5.89. The van der Waals surface area contributed by atoms with Crippen LogP contribution in [0, 0.1) is 17.3 Å². The highest BCUT2D eigenvalue weighted by molar-refractivity contribution is 8.01. The smallest absolute Gasteiger partial charge is 0.331 e. The van der Waals surface area contributed by atoms with E-state index in [0.29, 0.717) is 0 Å². The van der Waals surface area contributed by atoms with Crippen LogP contribution >= 0.6 is 11.8 Å². The van der Waals surface area contributed by atoms with Crippen molar-refractivity contribution in [1.29, 1.82) is 0 Å². The number of thioether (sulfide) groups is 1. The number of allylic oxidation sites excluding steroid dienone is 3. The van der Waals surface area contributed by atoms with E-state index in [1.165, 1.54) is 23.4 Å². The fourth-order valence-corrected chi connectivity index (χ4v) is 4.02. The number of rotatable bonds is 4. The largest absolute Gasteiger partial charge is 0.459 e. The van der Waals surface area contributed by atoms with Crippen LogP contribution in [0.5, 0.6) is 0 Å². The Kier molecular flexibility index (Phi) is 5.56. The van der Waals surface area contributed by atoms with E-state index in [0.717, 1.165) is 24.8 Å². The molecule has 0 spiro atoms. The summed E-state index contributed by atoms with van der Waals surface area (Å²) in [6.07, 6.45) is 7.48. The van der Waals surface area contributed by atoms with Gasteiger partial charge in [0.1, 0.15) is 6.10 Å². The minimum atomic E-state index is -0.282. The van der Waals surface area contributed by atoms with E-state index >= 15 is 0 Å². The molecule has 0 N–H and O–H groups in total. The average molecular weight is 334 g/mol. The SMILES string of the molecule is C=C(C)[C@@H]1C[C@@]2(C)C(=CC1=O)CC[C@@H](OC(=O)/C=C\SC)[C@@H]2C. The predicted molar refractivity (Wildman–Crippen MR) is 95.1 cm³/mol. The summed E-state index contributed by atoms with van der Waals surface area (Å²) >= 11 is 1.48. The Bertz CT molecular complexity index is 575. The highest BCUT2D eigenvalue weighted by Crippen LogP contribution is 2.52. The molecule has 23 heavy (non-hydrogen) atoms. The van der Waals surface area contributed by atoms with Gasteiger partial charge in [-0.05, 0) is 49.3 Å². The number of hydrogen-bond donors (Lipinski definition) is 0. The molecular formula is C19H26O3S. The summed E-state index contributed by atoms with van der Waals surface area (Å²) in [5, 5.41) is 1.74. The normalized spacial score (nSPS) is 34.0. The summed E-state index contributed by atoms with van der Waals surface area (Å²) < 4.78 is 5.67. The molecule has 126 valence electrons. The molecule has 2 rings (SSSR count). The van der Waals surface area contributed by atoms with Gasteiger partial charge in [0.15, 0.2) is 5.78 Å². The van der Waals surface area contributed by atoms with Gasteiger partial charge in [-0.15, -0.1) is 11.8 Å². The summed E-state index contributed by atoms with van der Waals surface area (Å²) in [6, 6.07) is 0. The number of carbonyl (C=O) groups excluding carboxylic acids is 2. The van der Waals surface area contributed by atoms with Gasteiger partial charge in [-0.25, -0.2) is 4.79 Å². The van der Waals surface area contributed by atoms with Crippen LogP contribution in [0.2, 0.25) is 0 Å². The maximum absolute atomic E-state index is 12.3. The number of fused-ring (bicyclic) bond motifs is 1. The molecule has 0 aromatic rings. The van der Waals surface area contributed by atoms with Crippen LogP contribution in [-0.2, 0) is 14.3 Å². The minimum Gasteiger partial charge on any atom is -0.459 e. The maximum Gasteiger partial charge on any atom is 0.331 e. The molecular weight excluding hydrogens is 308 g/mol. The molecule has 0 aromatic carbocycles. The Morgan fingerprint density at radius 1 is 1.52 bits per heavy atom. The lowest BCUT2D eigenvalue weighted by atomic mass is 9.57. The Morgan fingerprint density at radius 2 is 2.22 bits per heavy atom. The van der Waals surface area contributed by atoms with Crippen molar-refractivity contribution in [3.63, 3.8) is 0 Å². The average Bonchev–Trinajstić information content (AvgIpc) is 2.49. The van der Waals surface area contributed by atoms with Gasteiger partial charge in [-0.1, -0.05) is 31.6 Å². The van der Waals surface area contributed by atoms with Gasteiger partial charge in [-0.2, -0.15) is 0 Å². The molecule has 2 aliphatic rings. The van der Waals surface area contributed by atoms with Gasteiger partial charge in [0.2, 0.25) is 0 Å². The van der Waals surface area contributed by atoms with Crippen molar-refractivity contribution >= 4 is 23.5 Å². The Morgan fingerprint density at radius 3 is 2.83 bits per heavy atom. The maximum atomic E-state index is 12.3. The quantitative estimate of drug-likeness (QED) is 0.437. The van der Waals surface area contributed by atoms with Crippen molar-refractivity contribution in [2.45, 2.75) is 46.1 Å². The lowest BCUT2D eigenvalue weighted by molar-refractivity contribution is -0.150. The molecule has 1 fully saturated rings. The third-order valence-electron chi connectivity index (χ3n) is 5.49. The van der Waals surface area contributed by atoms with E-state index in [1.54, 1.807) is 5.41 Å². The van der Waals surface area contributed by atoms with Crippen molar-refractivity contribution in [1.82, 2.24) is 0 Å². The lowest BCUT2D eigenvalue weighted by Gasteiger charge is -2.49. The van der Waals surface area contributed by atoms with E-state index in [4.69, 9.17) is 4.74 Å². The molecule has 0 bridgehead atoms. The molecule has 3 nitrogen and oxygen atoms in total. The zero-order valence-electron chi connectivity index (χ0n) is 14.4. The minimum absolute atomic E-state index is 0.102. The zero-order chi connectivity index (χ0) is 17.2. The standard InChI is InChI=1S/C19H26O3S/c1-12(2)15-11-19(4)13(3)17(22-18(21)8-9-23-5)7-6-14(19)10-16(15)20/h8-10,13,15,17H,1,6-7,11H2,2-5H3/b9-8-/t13-,15-,17+,19+/m0/s1. The molecule has 1 saturated carbocycles. The van der Waals surface area contributed by atoms with E-state index in [1.807, 2.05) is 19.3 Å². The molecule has 0 unspecified atom stereocenters. The van der Waals surface area contributed by atoms with Crippen LogP contribution in [-0.4, -0.2) is 24.1 Å². The zero-order valence-corrected chi connectivity index (χ0v) is 15.2. The van der Waals surface area contributed by atoms with Crippen molar-refractivity contribution in [3.05, 3.63) is 35.3 Å². The summed E-state index contributed by atoms with van der Waals surface area (Å²) in [6.45, 7) is 10.2. The van der Waals surface area contributed by atoms with Crippen LogP contribution in [0.25, 0.3) is 0 Å². The first-order valence-corrected chi connectivity index (χ1v) is 9.38. The number of hydrogen-bond acceptors (Lipinski definition) is 4. The number of carbonyl (C=O) groups is 2.